The summed E-state index contributed by atoms with van der Waals surface area (Å²) >= 11 is 6.00. The number of amides is 1. The van der Waals surface area contributed by atoms with Crippen molar-refractivity contribution in [1.29, 1.82) is 0 Å². The van der Waals surface area contributed by atoms with Crippen LogP contribution in [0, 0.1) is 0 Å². The number of hydrogen-bond acceptors (Lipinski definition) is 7. The average Bonchev–Trinajstić information content (AvgIpc) is 3.48. The Hall–Kier alpha value is -3.32. The minimum absolute atomic E-state index is 0.112. The van der Waals surface area contributed by atoms with Gasteiger partial charge in [0, 0.05) is 29.9 Å². The molecule has 0 aromatic heterocycles. The van der Waals surface area contributed by atoms with E-state index in [0.29, 0.717) is 29.5 Å². The van der Waals surface area contributed by atoms with E-state index < -0.39 is 32.5 Å². The first kappa shape index (κ1) is 28.7. The quantitative estimate of drug-likeness (QED) is 0.377. The van der Waals surface area contributed by atoms with Crippen LogP contribution in [0.3, 0.4) is 0 Å². The number of nitrogens with one attached hydrogen (secondary N) is 1. The average molecular weight is 594 g/mol. The fourth-order valence-electron chi connectivity index (χ4n) is 4.15. The number of ether oxygens (including phenoxy) is 2. The molecule has 1 amide bonds. The first-order valence-corrected chi connectivity index (χ1v) is 15.2. The fourth-order valence-corrected chi connectivity index (χ4v) is 7.23. The summed E-state index contributed by atoms with van der Waals surface area (Å²) in [4.78, 5) is 13.1. The lowest BCUT2D eigenvalue weighted by Crippen LogP contribution is -2.38. The summed E-state index contributed by atoms with van der Waals surface area (Å²) in [5.41, 5.74) is 0.538. The summed E-state index contributed by atoms with van der Waals surface area (Å²) in [5.74, 6) is -0.0744. The molecule has 0 radical (unpaired) electrons. The molecule has 3 aromatic rings. The van der Waals surface area contributed by atoms with Crippen LogP contribution in [-0.2, 0) is 24.8 Å². The van der Waals surface area contributed by atoms with Gasteiger partial charge in [-0.05, 0) is 73.5 Å². The van der Waals surface area contributed by atoms with E-state index in [1.54, 1.807) is 0 Å². The van der Waals surface area contributed by atoms with E-state index in [4.69, 9.17) is 21.1 Å². The van der Waals surface area contributed by atoms with Gasteiger partial charge in [-0.2, -0.15) is 4.31 Å². The predicted molar refractivity (Wildman–Crippen MR) is 149 cm³/mol. The van der Waals surface area contributed by atoms with Crippen molar-refractivity contribution < 1.29 is 31.1 Å². The van der Waals surface area contributed by atoms with Crippen molar-refractivity contribution in [2.75, 3.05) is 43.5 Å². The van der Waals surface area contributed by atoms with Crippen LogP contribution in [0.15, 0.2) is 76.5 Å². The Balaban J connectivity index is 1.58. The highest BCUT2D eigenvalue weighted by Crippen LogP contribution is 2.32. The van der Waals surface area contributed by atoms with Gasteiger partial charge in [0.2, 0.25) is 15.9 Å². The number of rotatable bonds is 10. The zero-order valence-corrected chi connectivity index (χ0v) is 23.7. The minimum atomic E-state index is -4.24. The lowest BCUT2D eigenvalue weighted by Gasteiger charge is -2.24. The number of hydrogen-bond donors (Lipinski definition) is 1. The zero-order chi connectivity index (χ0) is 28.2. The van der Waals surface area contributed by atoms with Crippen molar-refractivity contribution in [3.63, 3.8) is 0 Å². The molecule has 1 aliphatic rings. The minimum Gasteiger partial charge on any atom is -0.493 e. The van der Waals surface area contributed by atoms with E-state index in [2.05, 4.69) is 5.32 Å². The topological polar surface area (TPSA) is 122 Å². The van der Waals surface area contributed by atoms with Gasteiger partial charge < -0.3 is 14.8 Å². The van der Waals surface area contributed by atoms with E-state index >= 15 is 0 Å². The molecule has 0 unspecified atom stereocenters. The third-order valence-electron chi connectivity index (χ3n) is 6.19. The molecule has 39 heavy (non-hydrogen) atoms. The predicted octanol–water partition coefficient (Wildman–Crippen LogP) is 3.98. The van der Waals surface area contributed by atoms with Crippen molar-refractivity contribution in [2.45, 2.75) is 22.6 Å². The Morgan fingerprint density at radius 3 is 2.05 bits per heavy atom. The van der Waals surface area contributed by atoms with Crippen LogP contribution in [0.25, 0.3) is 0 Å². The third kappa shape index (κ3) is 6.30. The number of carbonyl (C=O) groups excluding carboxylic acids is 1. The molecule has 0 bridgehead atoms. The van der Waals surface area contributed by atoms with Gasteiger partial charge in [0.15, 0.2) is 11.5 Å². The molecule has 3 aromatic carbocycles. The van der Waals surface area contributed by atoms with Gasteiger partial charge >= 0.3 is 0 Å². The van der Waals surface area contributed by atoms with Gasteiger partial charge in [0.05, 0.1) is 29.7 Å². The Morgan fingerprint density at radius 1 is 0.872 bits per heavy atom. The second kappa shape index (κ2) is 11.8. The zero-order valence-electron chi connectivity index (χ0n) is 21.3. The van der Waals surface area contributed by atoms with Crippen molar-refractivity contribution in [3.05, 3.63) is 71.8 Å². The van der Waals surface area contributed by atoms with Crippen molar-refractivity contribution in [1.82, 2.24) is 4.31 Å². The van der Waals surface area contributed by atoms with Gasteiger partial charge in [-0.1, -0.05) is 11.6 Å². The number of nitrogens with zero attached hydrogens (tertiary/aromatic N) is 2. The molecule has 10 nitrogen and oxygen atoms in total. The summed E-state index contributed by atoms with van der Waals surface area (Å²) in [6.07, 6.45) is 1.65. The lowest BCUT2D eigenvalue weighted by atomic mass is 10.3. The molecule has 1 saturated heterocycles. The number of methoxy groups -OCH3 is 2. The Labute approximate surface area is 233 Å². The molecular weight excluding hydrogens is 566 g/mol. The van der Waals surface area contributed by atoms with E-state index in [9.17, 15) is 21.6 Å². The number of halogens is 1. The van der Waals surface area contributed by atoms with Crippen molar-refractivity contribution >= 4 is 48.9 Å². The van der Waals surface area contributed by atoms with Crippen LogP contribution in [0.4, 0.5) is 11.4 Å². The second-order valence-electron chi connectivity index (χ2n) is 8.69. The monoisotopic (exact) mass is 593 g/mol. The highest BCUT2D eigenvalue weighted by atomic mass is 35.5. The summed E-state index contributed by atoms with van der Waals surface area (Å²) in [5, 5.41) is 3.04. The first-order valence-electron chi connectivity index (χ1n) is 12.0. The van der Waals surface area contributed by atoms with Crippen LogP contribution >= 0.6 is 11.6 Å². The number of anilines is 2. The molecule has 0 aliphatic carbocycles. The normalized spacial score (nSPS) is 14.1. The summed E-state index contributed by atoms with van der Waals surface area (Å²) in [6, 6.07) is 15.9. The van der Waals surface area contributed by atoms with E-state index in [0.717, 1.165) is 17.1 Å². The van der Waals surface area contributed by atoms with Crippen LogP contribution in [0.1, 0.15) is 12.8 Å². The van der Waals surface area contributed by atoms with Gasteiger partial charge in [-0.3, -0.25) is 9.10 Å². The van der Waals surface area contributed by atoms with Crippen LogP contribution < -0.4 is 19.1 Å². The van der Waals surface area contributed by atoms with E-state index in [-0.39, 0.29) is 21.2 Å². The molecule has 4 rings (SSSR count). The molecular formula is C26H28ClN3O7S2. The van der Waals surface area contributed by atoms with E-state index in [1.165, 1.54) is 85.3 Å². The van der Waals surface area contributed by atoms with Gasteiger partial charge in [0.1, 0.15) is 6.54 Å². The SMILES string of the molecule is COc1ccc(S(=O)(=O)N(CC(=O)Nc2ccc(S(=O)(=O)N3CCCC3)cc2)c2ccc(Cl)cc2)cc1OC. The van der Waals surface area contributed by atoms with Crippen LogP contribution in [0.2, 0.25) is 5.02 Å². The molecule has 0 spiro atoms. The standard InChI is InChI=1S/C26H28ClN3O7S2/c1-36-24-14-13-23(17-25(24)37-2)39(34,35)30(21-9-5-19(27)6-10-21)18-26(31)28-20-7-11-22(12-8-20)38(32,33)29-15-3-4-16-29/h5-14,17H,3-4,15-16,18H2,1-2H3,(H,28,31). The fraction of sp³-hybridized carbons (Fsp3) is 0.269. The largest absolute Gasteiger partial charge is 0.493 e. The Morgan fingerprint density at radius 2 is 1.46 bits per heavy atom. The molecule has 1 N–H and O–H groups in total. The maximum Gasteiger partial charge on any atom is 0.264 e. The maximum absolute atomic E-state index is 13.7. The van der Waals surface area contributed by atoms with Gasteiger partial charge in [-0.15, -0.1) is 0 Å². The molecule has 1 aliphatic heterocycles. The highest BCUT2D eigenvalue weighted by molar-refractivity contribution is 7.92. The number of benzene rings is 3. The molecule has 208 valence electrons. The van der Waals surface area contributed by atoms with E-state index in [1.807, 2.05) is 0 Å². The third-order valence-corrected chi connectivity index (χ3v) is 10.1. The van der Waals surface area contributed by atoms with Gasteiger partial charge in [-0.25, -0.2) is 16.8 Å². The Bertz CT molecular complexity index is 1540. The lowest BCUT2D eigenvalue weighted by molar-refractivity contribution is -0.114. The Kier molecular flexibility index (Phi) is 8.70. The molecule has 1 heterocycles. The molecule has 0 atom stereocenters. The number of carbonyl (C=O) groups is 1. The maximum atomic E-state index is 13.7. The highest BCUT2D eigenvalue weighted by Gasteiger charge is 2.29. The molecule has 0 saturated carbocycles. The second-order valence-corrected chi connectivity index (χ2v) is 12.9. The van der Waals surface area contributed by atoms with Crippen molar-refractivity contribution in [2.24, 2.45) is 0 Å². The molecule has 1 fully saturated rings. The van der Waals surface area contributed by atoms with Crippen LogP contribution in [0.5, 0.6) is 11.5 Å². The molecule has 13 heteroatoms. The van der Waals surface area contributed by atoms with Crippen LogP contribution in [-0.4, -0.2) is 60.9 Å². The summed E-state index contributed by atoms with van der Waals surface area (Å²) < 4.78 is 65.8. The summed E-state index contributed by atoms with van der Waals surface area (Å²) in [7, 11) is -5.01. The van der Waals surface area contributed by atoms with Gasteiger partial charge in [0.25, 0.3) is 10.0 Å². The number of sulfonamides is 2. The smallest absolute Gasteiger partial charge is 0.264 e. The summed E-state index contributed by atoms with van der Waals surface area (Å²) in [6.45, 7) is 0.401. The van der Waals surface area contributed by atoms with Crippen molar-refractivity contribution in [3.8, 4) is 11.5 Å². The first-order chi connectivity index (χ1) is 18.6.